The molecule has 0 aliphatic carbocycles. The zero-order valence-electron chi connectivity index (χ0n) is 26.9. The van der Waals surface area contributed by atoms with Gasteiger partial charge < -0.3 is 25.3 Å². The van der Waals surface area contributed by atoms with E-state index in [2.05, 4.69) is 20.4 Å². The highest BCUT2D eigenvalue weighted by molar-refractivity contribution is 6.58. The molecule has 0 spiro atoms. The van der Waals surface area contributed by atoms with Crippen LogP contribution in [0, 0.1) is 5.82 Å². The van der Waals surface area contributed by atoms with Gasteiger partial charge in [0.25, 0.3) is 0 Å². The smallest absolute Gasteiger partial charge is 0.485 e. The van der Waals surface area contributed by atoms with E-state index in [9.17, 15) is 19.2 Å². The summed E-state index contributed by atoms with van der Waals surface area (Å²) in [6.07, 6.45) is 2.04. The maximum Gasteiger partial charge on any atom is 0.488 e. The van der Waals surface area contributed by atoms with Gasteiger partial charge in [-0.1, -0.05) is 49.7 Å². The van der Waals surface area contributed by atoms with Gasteiger partial charge in [-0.05, 0) is 53.0 Å². The van der Waals surface area contributed by atoms with Crippen molar-refractivity contribution in [1.29, 1.82) is 0 Å². The standard InChI is InChI=1S/C30H27B3ClFN6O5.C2H6/c1-3-41-26-17-11-23(28(38-12-17)39-29(42)46-14-16-4-6-19(7-5-16)33(43)44)45-15-18-10-20(35)8-9-21(18)25(36)22(13-37-2)30(31,32)24(26)27(34)40-41;1-2/h4-13,43-44H,3,14-15,36H2,1-2H3,(H,38,39,42);1-2H3/b25-22+,37-13?;. The zero-order chi connectivity index (χ0) is 35.2. The Morgan fingerprint density at radius 3 is 2.60 bits per heavy atom. The van der Waals surface area contributed by atoms with Gasteiger partial charge in [-0.3, -0.25) is 15.0 Å². The second-order valence-electron chi connectivity index (χ2n) is 10.4. The molecule has 2 aromatic carbocycles. The molecule has 1 aliphatic rings. The highest BCUT2D eigenvalue weighted by Crippen LogP contribution is 2.42. The van der Waals surface area contributed by atoms with Crippen LogP contribution in [0.15, 0.2) is 65.3 Å². The van der Waals surface area contributed by atoms with Crippen LogP contribution in [-0.2, 0) is 29.7 Å². The topological polar surface area (TPSA) is 157 Å². The number of anilines is 1. The van der Waals surface area contributed by atoms with Crippen LogP contribution in [0.1, 0.15) is 43.0 Å². The number of pyridine rings is 1. The number of hydrogen-bond acceptors (Lipinski definition) is 9. The van der Waals surface area contributed by atoms with Gasteiger partial charge in [0.2, 0.25) is 0 Å². The molecule has 16 heteroatoms. The number of ether oxygens (including phenoxy) is 2. The third kappa shape index (κ3) is 7.59. The molecule has 48 heavy (non-hydrogen) atoms. The number of amides is 1. The molecule has 3 heterocycles. The van der Waals surface area contributed by atoms with Crippen LogP contribution < -0.4 is 21.3 Å². The Balaban J connectivity index is 0.00000255. The third-order valence-corrected chi connectivity index (χ3v) is 7.62. The average Bonchev–Trinajstić information content (AvgIpc) is 3.43. The molecular weight excluding hydrogens is 635 g/mol. The van der Waals surface area contributed by atoms with Crippen LogP contribution in [0.5, 0.6) is 5.75 Å². The molecule has 0 saturated heterocycles. The fourth-order valence-electron chi connectivity index (χ4n) is 5.08. The van der Waals surface area contributed by atoms with Crippen LogP contribution in [0.4, 0.5) is 15.0 Å². The molecule has 5 rings (SSSR count). The lowest BCUT2D eigenvalue weighted by Gasteiger charge is -2.31. The molecule has 0 unspecified atom stereocenters. The molecule has 5 N–H and O–H groups in total. The highest BCUT2D eigenvalue weighted by Gasteiger charge is 2.35. The summed E-state index contributed by atoms with van der Waals surface area (Å²) in [5, 5.41) is 23.8. The number of halogens is 2. The van der Waals surface area contributed by atoms with E-state index in [1.165, 1.54) is 49.8 Å². The summed E-state index contributed by atoms with van der Waals surface area (Å²) in [7, 11) is 13.6. The van der Waals surface area contributed by atoms with Crippen molar-refractivity contribution in [2.75, 3.05) is 12.4 Å². The van der Waals surface area contributed by atoms with E-state index in [0.29, 0.717) is 40.0 Å². The Morgan fingerprint density at radius 2 is 1.96 bits per heavy atom. The molecule has 0 fully saturated rings. The van der Waals surface area contributed by atoms with E-state index < -0.39 is 24.2 Å². The van der Waals surface area contributed by atoms with E-state index in [1.54, 1.807) is 22.9 Å². The van der Waals surface area contributed by atoms with Crippen molar-refractivity contribution in [3.05, 3.63) is 93.5 Å². The Kier molecular flexibility index (Phi) is 11.7. The van der Waals surface area contributed by atoms with Crippen LogP contribution >= 0.6 is 11.6 Å². The molecule has 4 radical (unpaired) electrons. The van der Waals surface area contributed by atoms with E-state index in [0.717, 1.165) is 0 Å². The fourth-order valence-corrected chi connectivity index (χ4v) is 5.41. The number of aromatic nitrogens is 3. The normalized spacial score (nSPS) is 15.1. The number of carbonyl (C=O) groups is 1. The molecular formula is C32H33B3ClFN6O5. The Bertz CT molecular complexity index is 1850. The van der Waals surface area contributed by atoms with Crippen molar-refractivity contribution in [3.8, 4) is 17.0 Å². The number of carbonyl (C=O) groups excluding carboxylic acids is 1. The first kappa shape index (κ1) is 36.3. The summed E-state index contributed by atoms with van der Waals surface area (Å²) in [5.41, 5.74) is 9.73. The monoisotopic (exact) mass is 668 g/mol. The van der Waals surface area contributed by atoms with Crippen molar-refractivity contribution < 1.29 is 28.7 Å². The number of fused-ring (bicyclic) bond motifs is 5. The minimum atomic E-state index is -1.83. The van der Waals surface area contributed by atoms with Gasteiger partial charge in [-0.2, -0.15) is 5.10 Å². The number of nitrogens with two attached hydrogens (primary N) is 1. The number of nitrogens with zero attached hydrogens (tertiary/aromatic N) is 4. The lowest BCUT2D eigenvalue weighted by atomic mass is 9.47. The number of benzene rings is 2. The minimum absolute atomic E-state index is 0.00630. The van der Waals surface area contributed by atoms with Gasteiger partial charge in [0, 0.05) is 54.0 Å². The molecule has 4 aromatic rings. The minimum Gasteiger partial charge on any atom is -0.485 e. The summed E-state index contributed by atoms with van der Waals surface area (Å²) >= 11 is 6.67. The lowest BCUT2D eigenvalue weighted by molar-refractivity contribution is 0.155. The van der Waals surface area contributed by atoms with Crippen LogP contribution in [0.3, 0.4) is 0 Å². The second kappa shape index (κ2) is 15.5. The Hall–Kier alpha value is -4.59. The summed E-state index contributed by atoms with van der Waals surface area (Å²) in [5.74, 6) is -0.425. The second-order valence-corrected chi connectivity index (χ2v) is 10.7. The average molecular weight is 669 g/mol. The summed E-state index contributed by atoms with van der Waals surface area (Å²) in [4.78, 5) is 21.4. The summed E-state index contributed by atoms with van der Waals surface area (Å²) in [6.45, 7) is 5.93. The summed E-state index contributed by atoms with van der Waals surface area (Å²) in [6, 6.07) is 11.8. The number of allylic oxidation sites excluding steroid dienone is 1. The lowest BCUT2D eigenvalue weighted by Crippen LogP contribution is -2.33. The molecule has 0 saturated carbocycles. The maximum atomic E-state index is 14.5. The molecule has 1 aliphatic heterocycles. The quantitative estimate of drug-likeness (QED) is 0.179. The molecule has 11 nitrogen and oxygen atoms in total. The van der Waals surface area contributed by atoms with Gasteiger partial charge in [0.15, 0.2) is 16.7 Å². The first-order chi connectivity index (χ1) is 22.9. The van der Waals surface area contributed by atoms with Crippen molar-refractivity contribution in [2.24, 2.45) is 10.7 Å². The van der Waals surface area contributed by atoms with Gasteiger partial charge in [-0.15, -0.1) is 0 Å². The fraction of sp³-hybridized carbons (Fsp3) is 0.250. The van der Waals surface area contributed by atoms with Crippen LogP contribution in [0.2, 0.25) is 5.15 Å². The van der Waals surface area contributed by atoms with Gasteiger partial charge in [0.1, 0.15) is 19.0 Å². The number of nitrogens with one attached hydrogen (secondary N) is 1. The summed E-state index contributed by atoms with van der Waals surface area (Å²) < 4.78 is 27.6. The number of aryl methyl sites for hydroxylation is 1. The van der Waals surface area contributed by atoms with Crippen molar-refractivity contribution in [2.45, 2.75) is 45.7 Å². The first-order valence-corrected chi connectivity index (χ1v) is 15.4. The van der Waals surface area contributed by atoms with E-state index in [-0.39, 0.29) is 46.8 Å². The molecule has 244 valence electrons. The number of aliphatic imine (C=N–C) groups is 1. The highest BCUT2D eigenvalue weighted by atomic mass is 35.5. The third-order valence-electron chi connectivity index (χ3n) is 7.35. The van der Waals surface area contributed by atoms with Crippen molar-refractivity contribution in [3.63, 3.8) is 0 Å². The van der Waals surface area contributed by atoms with E-state index >= 15 is 0 Å². The largest absolute Gasteiger partial charge is 0.488 e. The zero-order valence-corrected chi connectivity index (χ0v) is 27.6. The Morgan fingerprint density at radius 1 is 1.25 bits per heavy atom. The molecule has 2 aromatic heterocycles. The predicted octanol–water partition coefficient (Wildman–Crippen LogP) is 3.67. The number of rotatable bonds is 6. The van der Waals surface area contributed by atoms with E-state index in [4.69, 9.17) is 42.5 Å². The molecule has 0 atom stereocenters. The van der Waals surface area contributed by atoms with Gasteiger partial charge in [0.05, 0.1) is 21.4 Å². The first-order valence-electron chi connectivity index (χ1n) is 15.0. The van der Waals surface area contributed by atoms with Crippen molar-refractivity contribution >= 4 is 63.7 Å². The maximum absolute atomic E-state index is 14.5. The SMILES string of the molecule is CC.[B]C1([B])/C(C=NC)=C(/N)c2ccc(F)cc2COc2cc(cnc2NC(=O)OCc2ccc(B(O)O)cc2)-c2c1c(Cl)nn2CC. The van der Waals surface area contributed by atoms with Crippen LogP contribution in [-0.4, -0.2) is 67.0 Å². The molecule has 1 amide bonds. The predicted molar refractivity (Wildman–Crippen MR) is 187 cm³/mol. The van der Waals surface area contributed by atoms with E-state index in [1.807, 2.05) is 20.8 Å². The van der Waals surface area contributed by atoms with Crippen molar-refractivity contribution in [1.82, 2.24) is 14.8 Å². The van der Waals surface area contributed by atoms with Gasteiger partial charge >= 0.3 is 13.2 Å². The molecule has 2 bridgehead atoms. The van der Waals surface area contributed by atoms with Gasteiger partial charge in [-0.25, -0.2) is 14.2 Å². The Labute approximate surface area is 286 Å². The number of hydrogen-bond donors (Lipinski definition) is 4. The van der Waals surface area contributed by atoms with Crippen LogP contribution in [0.25, 0.3) is 17.0 Å².